The molecule has 0 bridgehead atoms. The summed E-state index contributed by atoms with van der Waals surface area (Å²) in [5.74, 6) is 1.50. The van der Waals surface area contributed by atoms with Crippen LogP contribution in [0.4, 0.5) is 0 Å². The van der Waals surface area contributed by atoms with Crippen molar-refractivity contribution in [2.24, 2.45) is 17.6 Å². The minimum atomic E-state index is -3.09. The van der Waals surface area contributed by atoms with Gasteiger partial charge in [0.2, 0.25) is 10.0 Å². The molecule has 0 saturated heterocycles. The van der Waals surface area contributed by atoms with Crippen LogP contribution in [0.3, 0.4) is 0 Å². The predicted octanol–water partition coefficient (Wildman–Crippen LogP) is 1.08. The zero-order valence-corrected chi connectivity index (χ0v) is 10.9. The molecule has 0 aromatic rings. The van der Waals surface area contributed by atoms with E-state index < -0.39 is 10.0 Å². The van der Waals surface area contributed by atoms with Crippen molar-refractivity contribution in [3.8, 4) is 0 Å². The first-order valence-electron chi connectivity index (χ1n) is 6.21. The third-order valence-electron chi connectivity index (χ3n) is 3.34. The summed E-state index contributed by atoms with van der Waals surface area (Å²) in [4.78, 5) is 0. The van der Waals surface area contributed by atoms with E-state index in [9.17, 15) is 8.42 Å². The van der Waals surface area contributed by atoms with Gasteiger partial charge in [0.05, 0.1) is 5.75 Å². The minimum absolute atomic E-state index is 0.159. The molecule has 96 valence electrons. The Balaban J connectivity index is 2.23. The van der Waals surface area contributed by atoms with Crippen LogP contribution in [0.1, 0.15) is 39.0 Å². The molecule has 1 aliphatic rings. The molecule has 1 saturated carbocycles. The van der Waals surface area contributed by atoms with Crippen LogP contribution in [0.5, 0.6) is 0 Å². The van der Waals surface area contributed by atoms with Gasteiger partial charge >= 0.3 is 0 Å². The molecular weight excluding hydrogens is 224 g/mol. The van der Waals surface area contributed by atoms with E-state index in [0.717, 1.165) is 18.8 Å². The highest BCUT2D eigenvalue weighted by atomic mass is 32.2. The third-order valence-corrected chi connectivity index (χ3v) is 4.78. The Bertz CT molecular complexity index is 282. The zero-order valence-electron chi connectivity index (χ0n) is 10.1. The number of nitrogens with two attached hydrogens (primary N) is 1. The van der Waals surface area contributed by atoms with Crippen LogP contribution in [0.25, 0.3) is 0 Å². The fraction of sp³-hybridized carbons (Fsp3) is 1.00. The summed E-state index contributed by atoms with van der Waals surface area (Å²) in [6, 6.07) is 0. The molecule has 0 amide bonds. The van der Waals surface area contributed by atoms with Gasteiger partial charge < -0.3 is 5.73 Å². The van der Waals surface area contributed by atoms with Crippen molar-refractivity contribution in [1.29, 1.82) is 0 Å². The van der Waals surface area contributed by atoms with Crippen LogP contribution in [0.15, 0.2) is 0 Å². The summed E-state index contributed by atoms with van der Waals surface area (Å²) >= 11 is 0. The number of sulfonamides is 1. The Labute approximate surface area is 99.0 Å². The van der Waals surface area contributed by atoms with Gasteiger partial charge in [-0.3, -0.25) is 0 Å². The average molecular weight is 248 g/mol. The Morgan fingerprint density at radius 3 is 2.44 bits per heavy atom. The number of hydrogen-bond donors (Lipinski definition) is 2. The van der Waals surface area contributed by atoms with E-state index in [1.54, 1.807) is 0 Å². The molecule has 0 aromatic carbocycles. The van der Waals surface area contributed by atoms with Gasteiger partial charge in [-0.15, -0.1) is 0 Å². The Morgan fingerprint density at radius 2 is 1.88 bits per heavy atom. The summed E-state index contributed by atoms with van der Waals surface area (Å²) in [5, 5.41) is 0. The topological polar surface area (TPSA) is 72.2 Å². The first kappa shape index (κ1) is 13.9. The van der Waals surface area contributed by atoms with E-state index in [1.807, 2.05) is 0 Å². The maximum Gasteiger partial charge on any atom is 0.211 e. The van der Waals surface area contributed by atoms with E-state index >= 15 is 0 Å². The summed E-state index contributed by atoms with van der Waals surface area (Å²) in [6.07, 6.45) is 5.31. The molecule has 0 aromatic heterocycles. The first-order chi connectivity index (χ1) is 7.53. The lowest BCUT2D eigenvalue weighted by Crippen LogP contribution is -2.33. The molecule has 0 spiro atoms. The maximum atomic E-state index is 11.5. The van der Waals surface area contributed by atoms with Gasteiger partial charge in [0.25, 0.3) is 0 Å². The van der Waals surface area contributed by atoms with E-state index in [4.69, 9.17) is 5.73 Å². The molecule has 4 nitrogen and oxygen atoms in total. The van der Waals surface area contributed by atoms with Crippen molar-refractivity contribution in [2.45, 2.75) is 39.0 Å². The van der Waals surface area contributed by atoms with Crippen LogP contribution in [0, 0.1) is 11.8 Å². The normalized spacial score (nSPS) is 26.9. The van der Waals surface area contributed by atoms with Gasteiger partial charge in [0.15, 0.2) is 0 Å². The van der Waals surface area contributed by atoms with E-state index in [1.165, 1.54) is 12.8 Å². The summed E-state index contributed by atoms with van der Waals surface area (Å²) < 4.78 is 25.8. The lowest BCUT2D eigenvalue weighted by Gasteiger charge is -2.26. The van der Waals surface area contributed by atoms with Gasteiger partial charge in [-0.1, -0.05) is 19.8 Å². The van der Waals surface area contributed by atoms with Crippen LogP contribution in [0.2, 0.25) is 0 Å². The van der Waals surface area contributed by atoms with Crippen molar-refractivity contribution in [1.82, 2.24) is 4.72 Å². The second-order valence-corrected chi connectivity index (χ2v) is 6.86. The van der Waals surface area contributed by atoms with Crippen LogP contribution in [-0.2, 0) is 10.0 Å². The summed E-state index contributed by atoms with van der Waals surface area (Å²) in [7, 11) is -3.09. The van der Waals surface area contributed by atoms with Crippen molar-refractivity contribution >= 4 is 10.0 Å². The minimum Gasteiger partial charge on any atom is -0.330 e. The van der Waals surface area contributed by atoms with Crippen molar-refractivity contribution < 1.29 is 8.42 Å². The highest BCUT2D eigenvalue weighted by Crippen LogP contribution is 2.27. The molecule has 0 heterocycles. The molecule has 0 aliphatic heterocycles. The lowest BCUT2D eigenvalue weighted by molar-refractivity contribution is 0.290. The molecule has 1 aliphatic carbocycles. The first-order valence-corrected chi connectivity index (χ1v) is 7.86. The van der Waals surface area contributed by atoms with Crippen LogP contribution < -0.4 is 10.5 Å². The number of hydrogen-bond acceptors (Lipinski definition) is 3. The highest BCUT2D eigenvalue weighted by molar-refractivity contribution is 7.89. The largest absolute Gasteiger partial charge is 0.330 e. The number of nitrogens with one attached hydrogen (secondary N) is 1. The molecule has 1 fully saturated rings. The molecule has 5 heteroatoms. The quantitative estimate of drug-likeness (QED) is 0.739. The van der Waals surface area contributed by atoms with Gasteiger partial charge in [0.1, 0.15) is 0 Å². The van der Waals surface area contributed by atoms with Gasteiger partial charge in [-0.25, -0.2) is 13.1 Å². The van der Waals surface area contributed by atoms with Crippen LogP contribution >= 0.6 is 0 Å². The fourth-order valence-electron chi connectivity index (χ4n) is 2.12. The van der Waals surface area contributed by atoms with Gasteiger partial charge in [-0.05, 0) is 37.6 Å². The van der Waals surface area contributed by atoms with E-state index in [2.05, 4.69) is 11.6 Å². The monoisotopic (exact) mass is 248 g/mol. The second kappa shape index (κ2) is 6.57. The zero-order chi connectivity index (χ0) is 12.0. The summed E-state index contributed by atoms with van der Waals surface area (Å²) in [5.41, 5.74) is 5.30. The predicted molar refractivity (Wildman–Crippen MR) is 66.6 cm³/mol. The highest BCUT2D eigenvalue weighted by Gasteiger charge is 2.19. The Morgan fingerprint density at radius 1 is 1.25 bits per heavy atom. The molecule has 3 N–H and O–H groups in total. The molecular formula is C11H24N2O2S. The average Bonchev–Trinajstić information content (AvgIpc) is 2.26. The van der Waals surface area contributed by atoms with Crippen molar-refractivity contribution in [2.75, 3.05) is 18.8 Å². The van der Waals surface area contributed by atoms with Gasteiger partial charge in [0, 0.05) is 6.54 Å². The summed E-state index contributed by atoms with van der Waals surface area (Å²) in [6.45, 7) is 3.31. The van der Waals surface area contributed by atoms with E-state index in [-0.39, 0.29) is 5.75 Å². The molecule has 0 unspecified atom stereocenters. The maximum absolute atomic E-state index is 11.5. The molecule has 16 heavy (non-hydrogen) atoms. The molecule has 0 atom stereocenters. The van der Waals surface area contributed by atoms with Crippen molar-refractivity contribution in [3.63, 3.8) is 0 Å². The molecule has 0 radical (unpaired) electrons. The Kier molecular flexibility index (Phi) is 5.72. The number of rotatable bonds is 6. The lowest BCUT2D eigenvalue weighted by atomic mass is 9.83. The third kappa shape index (κ3) is 5.27. The van der Waals surface area contributed by atoms with Crippen molar-refractivity contribution in [3.05, 3.63) is 0 Å². The van der Waals surface area contributed by atoms with Crippen LogP contribution in [-0.4, -0.2) is 27.3 Å². The second-order valence-electron chi connectivity index (χ2n) is 4.94. The smallest absolute Gasteiger partial charge is 0.211 e. The van der Waals surface area contributed by atoms with E-state index in [0.29, 0.717) is 25.4 Å². The standard InChI is InChI=1S/C11H24N2O2S/c1-10-3-5-11(6-4-10)9-13-16(14,15)8-2-7-12/h10-11,13H,2-9,12H2,1H3. The fourth-order valence-corrected chi connectivity index (χ4v) is 3.30. The van der Waals surface area contributed by atoms with Gasteiger partial charge in [-0.2, -0.15) is 0 Å². The Hall–Kier alpha value is -0.130. The SMILES string of the molecule is CC1CCC(CNS(=O)(=O)CCCN)CC1. The molecule has 1 rings (SSSR count).